The third-order valence-electron chi connectivity index (χ3n) is 4.28. The number of ether oxygens (including phenoxy) is 2. The van der Waals surface area contributed by atoms with Gasteiger partial charge in [0.1, 0.15) is 11.5 Å². The van der Waals surface area contributed by atoms with Crippen molar-refractivity contribution in [2.75, 3.05) is 27.3 Å². The second-order valence-corrected chi connectivity index (χ2v) is 8.21. The zero-order chi connectivity index (χ0) is 21.4. The van der Waals surface area contributed by atoms with Crippen molar-refractivity contribution < 1.29 is 22.7 Å². The van der Waals surface area contributed by atoms with Crippen molar-refractivity contribution >= 4 is 16.1 Å². The summed E-state index contributed by atoms with van der Waals surface area (Å²) in [5.41, 5.74) is 1.74. The van der Waals surface area contributed by atoms with Crippen molar-refractivity contribution in [1.29, 1.82) is 0 Å². The number of benzene rings is 2. The smallest absolute Gasteiger partial charge is 0.315 e. The van der Waals surface area contributed by atoms with Crippen molar-refractivity contribution in [2.24, 2.45) is 0 Å². The van der Waals surface area contributed by atoms with E-state index in [0.29, 0.717) is 11.5 Å². The van der Waals surface area contributed by atoms with Gasteiger partial charge in [-0.25, -0.2) is 17.9 Å². The van der Waals surface area contributed by atoms with E-state index in [2.05, 4.69) is 15.4 Å². The number of nitrogens with one attached hydrogen (secondary N) is 3. The highest BCUT2D eigenvalue weighted by atomic mass is 32.2. The average Bonchev–Trinajstić information content (AvgIpc) is 2.71. The van der Waals surface area contributed by atoms with E-state index in [1.54, 1.807) is 56.7 Å². The van der Waals surface area contributed by atoms with E-state index in [-0.39, 0.29) is 24.0 Å². The molecule has 0 saturated heterocycles. The molecule has 0 aromatic heterocycles. The van der Waals surface area contributed by atoms with Crippen LogP contribution in [0.25, 0.3) is 0 Å². The topological polar surface area (TPSA) is 106 Å². The minimum absolute atomic E-state index is 0.0699. The van der Waals surface area contributed by atoms with E-state index in [9.17, 15) is 13.2 Å². The molecular weight excluding hydrogens is 394 g/mol. The summed E-state index contributed by atoms with van der Waals surface area (Å²) in [6, 6.07) is 11.1. The molecule has 158 valence electrons. The molecule has 0 saturated carbocycles. The molecule has 2 aromatic rings. The molecule has 0 unspecified atom stereocenters. The van der Waals surface area contributed by atoms with Gasteiger partial charge in [-0.1, -0.05) is 17.7 Å². The Morgan fingerprint density at radius 1 is 1.03 bits per heavy atom. The molecule has 0 bridgehead atoms. The Hall–Kier alpha value is -2.78. The maximum Gasteiger partial charge on any atom is 0.315 e. The lowest BCUT2D eigenvalue weighted by Crippen LogP contribution is -2.41. The summed E-state index contributed by atoms with van der Waals surface area (Å²) in [4.78, 5) is 12.3. The van der Waals surface area contributed by atoms with E-state index in [0.717, 1.165) is 11.1 Å². The number of hydrogen-bond acceptors (Lipinski definition) is 5. The maximum atomic E-state index is 12.2. The predicted molar refractivity (Wildman–Crippen MR) is 111 cm³/mol. The van der Waals surface area contributed by atoms with Gasteiger partial charge < -0.3 is 20.1 Å². The minimum Gasteiger partial charge on any atom is -0.497 e. The second kappa shape index (κ2) is 10.1. The first kappa shape index (κ1) is 22.5. The first-order valence-corrected chi connectivity index (χ1v) is 10.6. The lowest BCUT2D eigenvalue weighted by molar-refractivity contribution is 0.238. The van der Waals surface area contributed by atoms with Crippen molar-refractivity contribution in [1.82, 2.24) is 15.4 Å². The van der Waals surface area contributed by atoms with Crippen molar-refractivity contribution in [3.8, 4) is 11.5 Å². The summed E-state index contributed by atoms with van der Waals surface area (Å²) in [5.74, 6) is 1.28. The molecule has 0 heterocycles. The van der Waals surface area contributed by atoms with Crippen LogP contribution in [-0.4, -0.2) is 41.8 Å². The zero-order valence-corrected chi connectivity index (χ0v) is 17.8. The van der Waals surface area contributed by atoms with Crippen LogP contribution in [0.2, 0.25) is 0 Å². The van der Waals surface area contributed by atoms with Crippen molar-refractivity contribution in [2.45, 2.75) is 24.8 Å². The number of amides is 2. The molecule has 8 nitrogen and oxygen atoms in total. The summed E-state index contributed by atoms with van der Waals surface area (Å²) in [5, 5.41) is 5.43. The van der Waals surface area contributed by atoms with Gasteiger partial charge in [-0.05, 0) is 44.2 Å². The van der Waals surface area contributed by atoms with Crippen molar-refractivity contribution in [3.63, 3.8) is 0 Å². The number of aryl methyl sites for hydroxylation is 1. The summed E-state index contributed by atoms with van der Waals surface area (Å²) in [7, 11) is -0.492. The van der Waals surface area contributed by atoms with Crippen LogP contribution >= 0.6 is 0 Å². The van der Waals surface area contributed by atoms with Crippen LogP contribution in [0.15, 0.2) is 47.4 Å². The van der Waals surface area contributed by atoms with E-state index < -0.39 is 16.1 Å². The van der Waals surface area contributed by atoms with E-state index in [4.69, 9.17) is 9.47 Å². The standard InChI is InChI=1S/C20H27N3O5S/c1-14-5-8-17(9-6-14)29(25,26)22-12-11-21-20(24)23-15(2)18-13-16(27-3)7-10-19(18)28-4/h5-10,13,15,22H,11-12H2,1-4H3,(H2,21,23,24)/t15-/m0/s1. The average molecular weight is 422 g/mol. The number of methoxy groups -OCH3 is 2. The van der Waals surface area contributed by atoms with Crippen LogP contribution in [0.5, 0.6) is 11.5 Å². The first-order chi connectivity index (χ1) is 13.8. The van der Waals surface area contributed by atoms with Gasteiger partial charge in [0.25, 0.3) is 0 Å². The molecule has 3 N–H and O–H groups in total. The van der Waals surface area contributed by atoms with Gasteiger partial charge in [0.05, 0.1) is 25.2 Å². The van der Waals surface area contributed by atoms with Gasteiger partial charge >= 0.3 is 6.03 Å². The molecule has 29 heavy (non-hydrogen) atoms. The number of carbonyl (C=O) groups excluding carboxylic acids is 1. The molecule has 0 aliphatic rings. The molecule has 0 aliphatic carbocycles. The first-order valence-electron chi connectivity index (χ1n) is 9.09. The Labute approximate surface area is 171 Å². The molecule has 0 aliphatic heterocycles. The highest BCUT2D eigenvalue weighted by molar-refractivity contribution is 7.89. The summed E-state index contributed by atoms with van der Waals surface area (Å²) in [6.07, 6.45) is 0. The van der Waals surface area contributed by atoms with Crippen LogP contribution < -0.4 is 24.8 Å². The number of sulfonamides is 1. The lowest BCUT2D eigenvalue weighted by atomic mass is 10.1. The minimum atomic E-state index is -3.61. The predicted octanol–water partition coefficient (Wildman–Crippen LogP) is 2.35. The Morgan fingerprint density at radius 2 is 1.72 bits per heavy atom. The number of urea groups is 1. The van der Waals surface area contributed by atoms with Gasteiger partial charge in [-0.3, -0.25) is 0 Å². The fourth-order valence-corrected chi connectivity index (χ4v) is 3.70. The third-order valence-corrected chi connectivity index (χ3v) is 5.76. The van der Waals surface area contributed by atoms with E-state index in [1.165, 1.54) is 0 Å². The Bertz CT molecular complexity index is 930. The lowest BCUT2D eigenvalue weighted by Gasteiger charge is -2.18. The zero-order valence-electron chi connectivity index (χ0n) is 17.0. The van der Waals surface area contributed by atoms with Crippen LogP contribution in [0, 0.1) is 6.92 Å². The number of rotatable bonds is 9. The Balaban J connectivity index is 1.85. The van der Waals surface area contributed by atoms with Crippen LogP contribution in [0.4, 0.5) is 4.79 Å². The molecule has 0 spiro atoms. The largest absolute Gasteiger partial charge is 0.497 e. The van der Waals surface area contributed by atoms with Crippen LogP contribution in [-0.2, 0) is 10.0 Å². The number of carbonyl (C=O) groups is 1. The molecule has 9 heteroatoms. The highest BCUT2D eigenvalue weighted by Gasteiger charge is 2.16. The Kier molecular flexibility index (Phi) is 7.86. The van der Waals surface area contributed by atoms with Gasteiger partial charge in [-0.15, -0.1) is 0 Å². The van der Waals surface area contributed by atoms with Crippen molar-refractivity contribution in [3.05, 3.63) is 53.6 Å². The van der Waals surface area contributed by atoms with Crippen LogP contribution in [0.3, 0.4) is 0 Å². The van der Waals surface area contributed by atoms with Gasteiger partial charge in [0, 0.05) is 18.7 Å². The molecule has 2 amide bonds. The molecule has 0 fully saturated rings. The highest BCUT2D eigenvalue weighted by Crippen LogP contribution is 2.29. The summed E-state index contributed by atoms with van der Waals surface area (Å²) < 4.78 is 37.4. The monoisotopic (exact) mass is 421 g/mol. The molecule has 1 atom stereocenters. The van der Waals surface area contributed by atoms with Gasteiger partial charge in [0.2, 0.25) is 10.0 Å². The molecule has 2 rings (SSSR count). The fraction of sp³-hybridized carbons (Fsp3) is 0.350. The Morgan fingerprint density at radius 3 is 2.34 bits per heavy atom. The normalized spacial score (nSPS) is 12.1. The SMILES string of the molecule is COc1ccc(OC)c([C@H](C)NC(=O)NCCNS(=O)(=O)c2ccc(C)cc2)c1. The quantitative estimate of drug-likeness (QED) is 0.539. The third kappa shape index (κ3) is 6.37. The fourth-order valence-electron chi connectivity index (χ4n) is 2.67. The second-order valence-electron chi connectivity index (χ2n) is 6.44. The van der Waals surface area contributed by atoms with Crippen LogP contribution in [0.1, 0.15) is 24.1 Å². The van der Waals surface area contributed by atoms with E-state index >= 15 is 0 Å². The van der Waals surface area contributed by atoms with Gasteiger partial charge in [-0.2, -0.15) is 0 Å². The summed E-state index contributed by atoms with van der Waals surface area (Å²) >= 11 is 0. The molecule has 2 aromatic carbocycles. The summed E-state index contributed by atoms with van der Waals surface area (Å²) in [6.45, 7) is 3.91. The molecule has 0 radical (unpaired) electrons. The van der Waals surface area contributed by atoms with Gasteiger partial charge in [0.15, 0.2) is 0 Å². The molecular formula is C20H27N3O5S. The van der Waals surface area contributed by atoms with E-state index in [1.807, 2.05) is 13.8 Å². The maximum absolute atomic E-state index is 12.2. The number of hydrogen-bond donors (Lipinski definition) is 3.